The van der Waals surface area contributed by atoms with Crippen molar-refractivity contribution in [3.8, 4) is 0 Å². The number of aryl methyl sites for hydroxylation is 1. The van der Waals surface area contributed by atoms with E-state index >= 15 is 0 Å². The Kier molecular flexibility index (Phi) is 4.18. The molecule has 0 radical (unpaired) electrons. The van der Waals surface area contributed by atoms with Crippen LogP contribution in [-0.4, -0.2) is 56.0 Å². The van der Waals surface area contributed by atoms with E-state index in [0.717, 1.165) is 49.0 Å². The highest BCUT2D eigenvalue weighted by molar-refractivity contribution is 5.54. The summed E-state index contributed by atoms with van der Waals surface area (Å²) in [5, 5.41) is 13.4. The van der Waals surface area contributed by atoms with Gasteiger partial charge in [-0.05, 0) is 37.8 Å². The lowest BCUT2D eigenvalue weighted by atomic mass is 9.95. The van der Waals surface area contributed by atoms with Crippen molar-refractivity contribution in [1.29, 1.82) is 0 Å². The molecule has 1 saturated heterocycles. The van der Waals surface area contributed by atoms with Crippen LogP contribution in [0, 0.1) is 0 Å². The van der Waals surface area contributed by atoms with Crippen molar-refractivity contribution >= 4 is 17.3 Å². The number of nitrogens with zero attached hydrogens (tertiary/aromatic N) is 8. The molecule has 0 N–H and O–H groups in total. The molecular weight excluding hydrogens is 364 g/mol. The maximum atomic E-state index is 4.83. The van der Waals surface area contributed by atoms with E-state index in [1.807, 2.05) is 16.6 Å². The molecule has 8 heteroatoms. The van der Waals surface area contributed by atoms with Crippen LogP contribution < -0.4 is 9.80 Å². The first-order valence-electron chi connectivity index (χ1n) is 10.5. The first kappa shape index (κ1) is 18.3. The van der Waals surface area contributed by atoms with Crippen molar-refractivity contribution < 1.29 is 0 Å². The fourth-order valence-corrected chi connectivity index (χ4v) is 4.28. The molecule has 0 unspecified atom stereocenters. The largest absolute Gasteiger partial charge is 0.353 e. The predicted octanol–water partition coefficient (Wildman–Crippen LogP) is 2.42. The van der Waals surface area contributed by atoms with Crippen LogP contribution in [0.15, 0.2) is 18.5 Å². The van der Waals surface area contributed by atoms with Crippen LogP contribution in [0.25, 0.3) is 5.65 Å². The second-order valence-corrected chi connectivity index (χ2v) is 9.23. The maximum Gasteiger partial charge on any atom is 0.178 e. The molecule has 3 aromatic rings. The lowest BCUT2D eigenvalue weighted by molar-refractivity contribution is 0.480. The van der Waals surface area contributed by atoms with Crippen LogP contribution in [-0.2, 0) is 18.3 Å². The molecule has 5 rings (SSSR count). The Hall–Kier alpha value is -2.77. The van der Waals surface area contributed by atoms with E-state index in [0.29, 0.717) is 6.04 Å². The third kappa shape index (κ3) is 3.10. The lowest BCUT2D eigenvalue weighted by Crippen LogP contribution is -2.59. The number of fused-ring (bicyclic) bond motifs is 2. The summed E-state index contributed by atoms with van der Waals surface area (Å²) in [4.78, 5) is 13.8. The van der Waals surface area contributed by atoms with Crippen molar-refractivity contribution in [3.05, 3.63) is 35.5 Å². The van der Waals surface area contributed by atoms with E-state index < -0.39 is 0 Å². The highest BCUT2D eigenvalue weighted by atomic mass is 15.4. The van der Waals surface area contributed by atoms with Crippen LogP contribution in [0.2, 0.25) is 0 Å². The minimum Gasteiger partial charge on any atom is -0.353 e. The zero-order valence-electron chi connectivity index (χ0n) is 17.6. The first-order valence-corrected chi connectivity index (χ1v) is 10.5. The molecule has 8 nitrogen and oxygen atoms in total. The fourth-order valence-electron chi connectivity index (χ4n) is 4.28. The van der Waals surface area contributed by atoms with Crippen molar-refractivity contribution in [1.82, 2.24) is 29.8 Å². The molecule has 1 fully saturated rings. The van der Waals surface area contributed by atoms with Gasteiger partial charge in [-0.3, -0.25) is 0 Å². The van der Waals surface area contributed by atoms with E-state index in [2.05, 4.69) is 57.8 Å². The summed E-state index contributed by atoms with van der Waals surface area (Å²) < 4.78 is 1.88. The Morgan fingerprint density at radius 1 is 1.03 bits per heavy atom. The average molecular weight is 393 g/mol. The predicted molar refractivity (Wildman–Crippen MR) is 113 cm³/mol. The second kappa shape index (κ2) is 6.64. The Bertz CT molecular complexity index is 1040. The molecule has 0 atom stereocenters. The molecule has 2 aliphatic rings. The zero-order chi connectivity index (χ0) is 20.2. The van der Waals surface area contributed by atoms with Gasteiger partial charge < -0.3 is 9.80 Å². The molecular formula is C21H28N8. The summed E-state index contributed by atoms with van der Waals surface area (Å²) in [5.41, 5.74) is 3.27. The van der Waals surface area contributed by atoms with Crippen molar-refractivity contribution in [2.45, 2.75) is 57.9 Å². The van der Waals surface area contributed by atoms with Gasteiger partial charge >= 0.3 is 0 Å². The van der Waals surface area contributed by atoms with Crippen LogP contribution in [0.5, 0.6) is 0 Å². The number of aromatic nitrogens is 6. The third-order valence-corrected chi connectivity index (χ3v) is 6.09. The molecule has 0 bridgehead atoms. The van der Waals surface area contributed by atoms with Gasteiger partial charge in [0.2, 0.25) is 0 Å². The second-order valence-electron chi connectivity index (χ2n) is 9.23. The molecule has 0 saturated carbocycles. The molecule has 1 aliphatic heterocycles. The molecule has 29 heavy (non-hydrogen) atoms. The summed E-state index contributed by atoms with van der Waals surface area (Å²) in [5.74, 6) is 2.96. The molecule has 0 spiro atoms. The highest BCUT2D eigenvalue weighted by Gasteiger charge is 2.34. The minimum absolute atomic E-state index is 0.102. The van der Waals surface area contributed by atoms with Gasteiger partial charge in [-0.15, -0.1) is 15.3 Å². The SMILES string of the molecule is CN(c1ncnc2c1CCCC2)C1CN(c2ccc3nnc(C(C)(C)C)n3n2)C1. The molecule has 3 aromatic heterocycles. The lowest BCUT2D eigenvalue weighted by Gasteiger charge is -2.45. The number of anilines is 2. The van der Waals surface area contributed by atoms with E-state index in [-0.39, 0.29) is 5.41 Å². The van der Waals surface area contributed by atoms with Gasteiger partial charge in [0.15, 0.2) is 11.5 Å². The van der Waals surface area contributed by atoms with E-state index in [1.54, 1.807) is 6.33 Å². The van der Waals surface area contributed by atoms with Gasteiger partial charge in [-0.25, -0.2) is 9.97 Å². The van der Waals surface area contributed by atoms with Crippen LogP contribution in [0.4, 0.5) is 11.6 Å². The smallest absolute Gasteiger partial charge is 0.178 e. The quantitative estimate of drug-likeness (QED) is 0.677. The zero-order valence-corrected chi connectivity index (χ0v) is 17.6. The molecule has 0 amide bonds. The number of hydrogen-bond donors (Lipinski definition) is 0. The van der Waals surface area contributed by atoms with Gasteiger partial charge in [0.1, 0.15) is 18.0 Å². The van der Waals surface area contributed by atoms with Gasteiger partial charge in [0, 0.05) is 36.8 Å². The van der Waals surface area contributed by atoms with Crippen LogP contribution >= 0.6 is 0 Å². The van der Waals surface area contributed by atoms with E-state index in [1.165, 1.54) is 24.1 Å². The first-order chi connectivity index (χ1) is 13.9. The summed E-state index contributed by atoms with van der Waals surface area (Å²) in [6, 6.07) is 4.47. The van der Waals surface area contributed by atoms with Crippen LogP contribution in [0.3, 0.4) is 0 Å². The normalized spacial score (nSPS) is 17.3. The summed E-state index contributed by atoms with van der Waals surface area (Å²) in [7, 11) is 2.16. The van der Waals surface area contributed by atoms with Gasteiger partial charge in [-0.2, -0.15) is 4.52 Å². The molecule has 152 valence electrons. The topological polar surface area (TPSA) is 75.3 Å². The Morgan fingerprint density at radius 2 is 1.83 bits per heavy atom. The molecule has 1 aliphatic carbocycles. The van der Waals surface area contributed by atoms with Gasteiger partial charge in [-0.1, -0.05) is 20.8 Å². The van der Waals surface area contributed by atoms with Crippen molar-refractivity contribution in [2.75, 3.05) is 29.9 Å². The number of likely N-dealkylation sites (N-methyl/N-ethyl adjacent to an activating group) is 1. The monoisotopic (exact) mass is 392 g/mol. The number of rotatable bonds is 3. The maximum absolute atomic E-state index is 4.83. The molecule has 4 heterocycles. The van der Waals surface area contributed by atoms with Crippen molar-refractivity contribution in [3.63, 3.8) is 0 Å². The summed E-state index contributed by atoms with van der Waals surface area (Å²) in [6.45, 7) is 8.26. The summed E-state index contributed by atoms with van der Waals surface area (Å²) >= 11 is 0. The van der Waals surface area contributed by atoms with Gasteiger partial charge in [0.05, 0.1) is 6.04 Å². The van der Waals surface area contributed by atoms with Gasteiger partial charge in [0.25, 0.3) is 0 Å². The average Bonchev–Trinajstić information content (AvgIpc) is 3.10. The third-order valence-electron chi connectivity index (χ3n) is 6.09. The van der Waals surface area contributed by atoms with Crippen LogP contribution in [0.1, 0.15) is 50.7 Å². The molecule has 0 aromatic carbocycles. The Balaban J connectivity index is 1.35. The Morgan fingerprint density at radius 3 is 2.62 bits per heavy atom. The Labute approximate surface area is 171 Å². The summed E-state index contributed by atoms with van der Waals surface area (Å²) in [6.07, 6.45) is 6.36. The number of hydrogen-bond acceptors (Lipinski definition) is 7. The van der Waals surface area contributed by atoms with E-state index in [4.69, 9.17) is 5.10 Å². The highest BCUT2D eigenvalue weighted by Crippen LogP contribution is 2.30. The minimum atomic E-state index is -0.102. The standard InChI is InChI=1S/C21H28N8/c1-21(2,3)20-25-24-17-9-10-18(26-29(17)20)28-11-14(12-28)27(4)19-15-7-5-6-8-16(15)22-13-23-19/h9-10,13-14H,5-8,11-12H2,1-4H3. The van der Waals surface area contributed by atoms with Crippen molar-refractivity contribution in [2.24, 2.45) is 0 Å². The fraction of sp³-hybridized carbons (Fsp3) is 0.571. The van der Waals surface area contributed by atoms with E-state index in [9.17, 15) is 0 Å².